The minimum absolute atomic E-state index is 0. The number of rotatable bonds is 15. The molecule has 3 aliphatic rings. The van der Waals surface area contributed by atoms with E-state index in [4.69, 9.17) is 0 Å². The van der Waals surface area contributed by atoms with Gasteiger partial charge in [0.2, 0.25) is 0 Å². The molecule has 0 N–H and O–H groups in total. The first-order chi connectivity index (χ1) is 35.2. The largest absolute Gasteiger partial charge is 2.00 e. The smallest absolute Gasteiger partial charge is 0.164 e. The van der Waals surface area contributed by atoms with Crippen LogP contribution in [0.3, 0.4) is 0 Å². The Morgan fingerprint density at radius 2 is 0.623 bits per heavy atom. The molecule has 400 valence electrons. The van der Waals surface area contributed by atoms with Crippen LogP contribution in [0.1, 0.15) is 154 Å². The molecular formula is C73H85Cl2Zr2-. The third-order valence-electron chi connectivity index (χ3n) is 17.4. The summed E-state index contributed by atoms with van der Waals surface area (Å²) >= 11 is 0. The van der Waals surface area contributed by atoms with Crippen LogP contribution in [0.2, 0.25) is 0 Å². The Labute approximate surface area is 515 Å². The van der Waals surface area contributed by atoms with E-state index in [1.165, 1.54) is 213 Å². The summed E-state index contributed by atoms with van der Waals surface area (Å²) in [4.78, 5) is 0. The quantitative estimate of drug-likeness (QED) is 0.0898. The van der Waals surface area contributed by atoms with Gasteiger partial charge in [0.15, 0.2) is 0 Å². The average molecular weight is 1220 g/mol. The summed E-state index contributed by atoms with van der Waals surface area (Å²) in [5.41, 5.74) is 22.7. The minimum Gasteiger partial charge on any atom is -0.164 e. The number of aryl methyl sites for hydroxylation is 6. The Balaban J connectivity index is 0.000000182. The Hall–Kier alpha value is -3.50. The Kier molecular flexibility index (Phi) is 21.9. The van der Waals surface area contributed by atoms with Crippen LogP contribution in [-0.2, 0) is 71.7 Å². The van der Waals surface area contributed by atoms with Crippen molar-refractivity contribution in [2.75, 3.05) is 0 Å². The van der Waals surface area contributed by atoms with Crippen LogP contribution in [0.15, 0.2) is 146 Å². The molecule has 0 aliphatic heterocycles. The molecule has 3 fully saturated rings. The fourth-order valence-corrected chi connectivity index (χ4v) is 13.8. The molecule has 0 nitrogen and oxygen atoms in total. The van der Waals surface area contributed by atoms with Crippen LogP contribution in [-0.4, -0.2) is 0 Å². The predicted molar refractivity (Wildman–Crippen MR) is 333 cm³/mol. The van der Waals surface area contributed by atoms with Gasteiger partial charge in [-0.15, -0.1) is 128 Å². The van der Waals surface area contributed by atoms with E-state index in [9.17, 15) is 0 Å². The molecule has 9 aromatic carbocycles. The zero-order chi connectivity index (χ0) is 50.9. The van der Waals surface area contributed by atoms with Crippen molar-refractivity contribution in [3.63, 3.8) is 0 Å². The molecule has 9 aromatic rings. The van der Waals surface area contributed by atoms with E-state index in [-0.39, 0.29) is 77.2 Å². The number of hydrogen-bond donors (Lipinski definition) is 0. The predicted octanol–water partition coefficient (Wildman–Crippen LogP) is 22.1. The second-order valence-corrected chi connectivity index (χ2v) is 24.3. The van der Waals surface area contributed by atoms with Gasteiger partial charge in [-0.25, -0.2) is 0 Å². The van der Waals surface area contributed by atoms with Gasteiger partial charge in [0.25, 0.3) is 0 Å². The molecule has 0 unspecified atom stereocenters. The molecule has 4 heteroatoms. The summed E-state index contributed by atoms with van der Waals surface area (Å²) in [7, 11) is 0. The zero-order valence-corrected chi connectivity index (χ0v) is 54.5. The van der Waals surface area contributed by atoms with Crippen LogP contribution in [0.5, 0.6) is 0 Å². The van der Waals surface area contributed by atoms with Crippen molar-refractivity contribution in [1.29, 1.82) is 0 Å². The van der Waals surface area contributed by atoms with Gasteiger partial charge in [0.1, 0.15) is 0 Å². The van der Waals surface area contributed by atoms with Gasteiger partial charge < -0.3 is 0 Å². The van der Waals surface area contributed by atoms with E-state index in [1.54, 1.807) is 5.56 Å². The molecule has 0 amide bonds. The van der Waals surface area contributed by atoms with Gasteiger partial charge in [-0.05, 0) is 152 Å². The maximum atomic E-state index is 2.47. The molecule has 0 spiro atoms. The molecule has 0 bridgehead atoms. The van der Waals surface area contributed by atoms with E-state index >= 15 is 0 Å². The Bertz CT molecular complexity index is 3170. The average Bonchev–Trinajstić information content (AvgIpc) is 4.11. The van der Waals surface area contributed by atoms with Crippen molar-refractivity contribution in [3.05, 3.63) is 196 Å². The number of fused-ring (bicyclic) bond motifs is 3. The molecule has 0 atom stereocenters. The van der Waals surface area contributed by atoms with Crippen molar-refractivity contribution >= 4 is 57.1 Å². The zero-order valence-electron chi connectivity index (χ0n) is 48.0. The fraction of sp³-hybridized carbons (Fsp3) is 0.384. The maximum absolute atomic E-state index is 2.47. The monoisotopic (exact) mass is 1210 g/mol. The van der Waals surface area contributed by atoms with Crippen molar-refractivity contribution in [1.82, 2.24) is 0 Å². The van der Waals surface area contributed by atoms with Gasteiger partial charge in [0.05, 0.1) is 0 Å². The first-order valence-electron chi connectivity index (χ1n) is 28.6. The molecule has 0 heterocycles. The van der Waals surface area contributed by atoms with Crippen LogP contribution >= 0.6 is 24.8 Å². The minimum atomic E-state index is 0. The van der Waals surface area contributed by atoms with Gasteiger partial charge in [-0.3, -0.25) is 0 Å². The third-order valence-corrected chi connectivity index (χ3v) is 17.4. The number of benzene rings is 6. The molecule has 0 radical (unpaired) electrons. The summed E-state index contributed by atoms with van der Waals surface area (Å²) in [6.07, 6.45) is 21.9. The summed E-state index contributed by atoms with van der Waals surface area (Å²) in [6, 6.07) is 55.6. The van der Waals surface area contributed by atoms with Gasteiger partial charge >= 0.3 is 26.2 Å². The van der Waals surface area contributed by atoms with Crippen molar-refractivity contribution in [2.45, 2.75) is 165 Å². The standard InChI is InChI=1S/C25H29.2C24H27.2ClH.2Zr/c1-4-9-25(10-6-11-25)17-20-15-21-7-5-8-23(24(21)16-20)22-13-18(2)12-19(3)14-22;2*1-4-8-24(9-10-24)16-19-14-20-6-5-7-22(23(20)15-19)21-12-17(2)11-18(3)13-21;;;;/h5,7-8,12-16H,4,6,9-11,17H2,1-3H3;2*5-7,11-15H,4,8-10,16H2,1-3H3;2*1H;;/q3*-1;;;;+2. The third kappa shape index (κ3) is 14.9. The van der Waals surface area contributed by atoms with E-state index < -0.39 is 0 Å². The summed E-state index contributed by atoms with van der Waals surface area (Å²) < 4.78 is 0. The van der Waals surface area contributed by atoms with E-state index in [0.717, 1.165) is 0 Å². The molecule has 0 aromatic heterocycles. The van der Waals surface area contributed by atoms with Crippen molar-refractivity contribution in [3.8, 4) is 33.4 Å². The summed E-state index contributed by atoms with van der Waals surface area (Å²) in [5, 5.41) is 8.46. The molecule has 12 rings (SSSR count). The molecule has 0 saturated heterocycles. The molecule has 3 aliphatic carbocycles. The van der Waals surface area contributed by atoms with Crippen molar-refractivity contribution < 1.29 is 52.4 Å². The molecule has 77 heavy (non-hydrogen) atoms. The van der Waals surface area contributed by atoms with Crippen LogP contribution in [0, 0.1) is 57.8 Å². The maximum Gasteiger partial charge on any atom is 2.00 e. The van der Waals surface area contributed by atoms with Crippen LogP contribution in [0.4, 0.5) is 0 Å². The SMILES string of the molecule is CCCC1(Cc2cc3c(-c4cc(C)cc(C)c4)cccc3[cH-]2)CC1.CCCC1(Cc2cc3c(-c4cc(C)cc(C)c4)cccc3[cH-]2)CC1.CCCC1(Cc2cc3c(-c4cc(C)cc(C)c4)cccc3[cH-]2)CCC1.Cl.Cl.[Zr+2].[Zr]. The summed E-state index contributed by atoms with van der Waals surface area (Å²) in [6.45, 7) is 20.1. The fourth-order valence-electron chi connectivity index (χ4n) is 13.8. The van der Waals surface area contributed by atoms with Gasteiger partial charge in [-0.1, -0.05) is 169 Å². The molecule has 3 saturated carbocycles. The Morgan fingerprint density at radius 3 is 0.844 bits per heavy atom. The number of hydrogen-bond acceptors (Lipinski definition) is 0. The van der Waals surface area contributed by atoms with Gasteiger partial charge in [0, 0.05) is 26.2 Å². The second kappa shape index (κ2) is 26.8. The van der Waals surface area contributed by atoms with E-state index in [1.807, 2.05) is 0 Å². The van der Waals surface area contributed by atoms with Crippen molar-refractivity contribution in [2.24, 2.45) is 16.2 Å². The van der Waals surface area contributed by atoms with Crippen LogP contribution < -0.4 is 0 Å². The first kappa shape index (κ1) is 62.7. The summed E-state index contributed by atoms with van der Waals surface area (Å²) in [5.74, 6) is 0. The second-order valence-electron chi connectivity index (χ2n) is 24.3. The van der Waals surface area contributed by atoms with Crippen LogP contribution in [0.25, 0.3) is 65.7 Å². The number of halogens is 2. The molecular weight excluding hydrogens is 1130 g/mol. The van der Waals surface area contributed by atoms with Gasteiger partial charge in [-0.2, -0.15) is 18.2 Å². The Morgan fingerprint density at radius 1 is 0.364 bits per heavy atom. The normalized spacial score (nSPS) is 15.1. The topological polar surface area (TPSA) is 0 Å². The first-order valence-corrected chi connectivity index (χ1v) is 28.6. The van der Waals surface area contributed by atoms with E-state index in [0.29, 0.717) is 16.2 Å². The van der Waals surface area contributed by atoms with E-state index in [2.05, 4.69) is 208 Å².